The van der Waals surface area contributed by atoms with Gasteiger partial charge in [0.25, 0.3) is 0 Å². The van der Waals surface area contributed by atoms with Crippen LogP contribution in [0.1, 0.15) is 29.9 Å². The molecule has 0 amide bonds. The van der Waals surface area contributed by atoms with Crippen molar-refractivity contribution in [3.8, 4) is 0 Å². The third-order valence-electron chi connectivity index (χ3n) is 2.49. The van der Waals surface area contributed by atoms with Crippen LogP contribution in [0.3, 0.4) is 0 Å². The predicted octanol–water partition coefficient (Wildman–Crippen LogP) is 2.93. The molecule has 2 aromatic heterocycles. The van der Waals surface area contributed by atoms with Crippen LogP contribution >= 0.6 is 11.8 Å². The number of esters is 1. The number of hydrogen-bond donors (Lipinski definition) is 0. The Hall–Kier alpha value is -1.49. The van der Waals surface area contributed by atoms with Gasteiger partial charge in [-0.1, -0.05) is 6.92 Å². The summed E-state index contributed by atoms with van der Waals surface area (Å²) in [5.74, 6) is 0.531. The van der Waals surface area contributed by atoms with E-state index < -0.39 is 0 Å². The molecular weight excluding hydrogens is 248 g/mol. The Bertz CT molecular complexity index is 578. The predicted molar refractivity (Wildman–Crippen MR) is 72.3 cm³/mol. The van der Waals surface area contributed by atoms with Crippen molar-refractivity contribution in [2.24, 2.45) is 0 Å². The highest BCUT2D eigenvalue weighted by atomic mass is 32.2. The van der Waals surface area contributed by atoms with E-state index in [1.807, 2.05) is 36.6 Å². The van der Waals surface area contributed by atoms with E-state index in [2.05, 4.69) is 4.98 Å². The van der Waals surface area contributed by atoms with Crippen molar-refractivity contribution in [2.75, 3.05) is 12.4 Å². The lowest BCUT2D eigenvalue weighted by Gasteiger charge is -2.03. The molecule has 5 heteroatoms. The van der Waals surface area contributed by atoms with Crippen molar-refractivity contribution in [3.63, 3.8) is 0 Å². The number of hydrogen-bond acceptors (Lipinski definition) is 4. The summed E-state index contributed by atoms with van der Waals surface area (Å²) in [7, 11) is 0. The number of aromatic nitrogens is 2. The average Bonchev–Trinajstić information content (AvgIpc) is 2.68. The molecule has 2 rings (SSSR count). The molecular formula is C13H16N2O2S. The molecule has 0 radical (unpaired) electrons. The Morgan fingerprint density at radius 3 is 2.94 bits per heavy atom. The molecule has 0 fully saturated rings. The number of nitrogens with zero attached hydrogens (tertiary/aromatic N) is 2. The molecule has 0 bridgehead atoms. The second kappa shape index (κ2) is 5.44. The minimum atomic E-state index is -0.352. The molecule has 96 valence electrons. The van der Waals surface area contributed by atoms with Gasteiger partial charge in [-0.2, -0.15) is 0 Å². The fourth-order valence-corrected chi connectivity index (χ4v) is 2.56. The van der Waals surface area contributed by atoms with Crippen LogP contribution in [-0.2, 0) is 4.74 Å². The second-order valence-corrected chi connectivity index (χ2v) is 5.10. The number of thioether (sulfide) groups is 1. The lowest BCUT2D eigenvalue weighted by molar-refractivity contribution is 0.0515. The van der Waals surface area contributed by atoms with Gasteiger partial charge in [-0.15, -0.1) is 11.8 Å². The highest BCUT2D eigenvalue weighted by Gasteiger charge is 2.19. The molecule has 2 heterocycles. The van der Waals surface area contributed by atoms with E-state index in [-0.39, 0.29) is 5.97 Å². The van der Waals surface area contributed by atoms with E-state index in [4.69, 9.17) is 4.74 Å². The first-order valence-electron chi connectivity index (χ1n) is 5.96. The van der Waals surface area contributed by atoms with Crippen molar-refractivity contribution >= 4 is 23.4 Å². The molecule has 18 heavy (non-hydrogen) atoms. The van der Waals surface area contributed by atoms with Gasteiger partial charge in [-0.05, 0) is 37.3 Å². The maximum atomic E-state index is 11.9. The number of rotatable bonds is 4. The zero-order valence-corrected chi connectivity index (χ0v) is 11.6. The highest BCUT2D eigenvalue weighted by molar-refractivity contribution is 7.99. The molecule has 0 aliphatic heterocycles. The van der Waals surface area contributed by atoms with Crippen LogP contribution in [0, 0.1) is 6.92 Å². The van der Waals surface area contributed by atoms with E-state index in [9.17, 15) is 4.79 Å². The molecule has 0 saturated carbocycles. The quantitative estimate of drug-likeness (QED) is 0.629. The van der Waals surface area contributed by atoms with Gasteiger partial charge in [0.05, 0.1) is 6.61 Å². The topological polar surface area (TPSA) is 43.6 Å². The van der Waals surface area contributed by atoms with E-state index in [0.29, 0.717) is 12.3 Å². The minimum absolute atomic E-state index is 0.352. The minimum Gasteiger partial charge on any atom is -0.461 e. The maximum absolute atomic E-state index is 11.9. The first-order valence-corrected chi connectivity index (χ1v) is 6.94. The van der Waals surface area contributed by atoms with Crippen LogP contribution in [-0.4, -0.2) is 27.7 Å². The molecule has 0 aliphatic rings. The molecule has 0 aromatic carbocycles. The van der Waals surface area contributed by atoms with Gasteiger partial charge in [0.2, 0.25) is 0 Å². The molecule has 0 spiro atoms. The Balaban J connectivity index is 2.56. The number of ether oxygens (including phenoxy) is 1. The van der Waals surface area contributed by atoms with Crippen molar-refractivity contribution in [1.82, 2.24) is 9.38 Å². The molecule has 4 nitrogen and oxygen atoms in total. The molecule has 0 atom stereocenters. The zero-order chi connectivity index (χ0) is 13.1. The van der Waals surface area contributed by atoms with Gasteiger partial charge >= 0.3 is 5.97 Å². The van der Waals surface area contributed by atoms with Crippen LogP contribution in [0.4, 0.5) is 0 Å². The van der Waals surface area contributed by atoms with Crippen LogP contribution in [0.15, 0.2) is 23.4 Å². The van der Waals surface area contributed by atoms with E-state index in [1.54, 1.807) is 18.7 Å². The highest BCUT2D eigenvalue weighted by Crippen LogP contribution is 2.25. The Morgan fingerprint density at radius 1 is 1.50 bits per heavy atom. The van der Waals surface area contributed by atoms with E-state index in [1.165, 1.54) is 0 Å². The fourth-order valence-electron chi connectivity index (χ4n) is 1.73. The van der Waals surface area contributed by atoms with Crippen molar-refractivity contribution in [3.05, 3.63) is 29.6 Å². The summed E-state index contributed by atoms with van der Waals surface area (Å²) in [6.45, 7) is 6.21. The van der Waals surface area contributed by atoms with Crippen molar-refractivity contribution in [2.45, 2.75) is 25.8 Å². The molecule has 0 saturated heterocycles. The molecule has 2 aromatic rings. The molecule has 0 aliphatic carbocycles. The van der Waals surface area contributed by atoms with Crippen LogP contribution in [0.25, 0.3) is 5.65 Å². The summed E-state index contributed by atoms with van der Waals surface area (Å²) in [4.78, 5) is 16.3. The maximum Gasteiger partial charge on any atom is 0.359 e. The molecule has 0 unspecified atom stereocenters. The third-order valence-corrected chi connectivity index (χ3v) is 3.44. The summed E-state index contributed by atoms with van der Waals surface area (Å²) >= 11 is 1.60. The third kappa shape index (κ3) is 2.36. The van der Waals surface area contributed by atoms with Gasteiger partial charge in [-0.3, -0.25) is 4.40 Å². The van der Waals surface area contributed by atoms with Crippen LogP contribution in [0.5, 0.6) is 0 Å². The first-order chi connectivity index (χ1) is 8.67. The Labute approximate surface area is 110 Å². The number of fused-ring (bicyclic) bond motifs is 1. The van der Waals surface area contributed by atoms with E-state index in [0.717, 1.165) is 22.0 Å². The number of carbonyl (C=O) groups excluding carboxylic acids is 1. The largest absolute Gasteiger partial charge is 0.461 e. The number of aryl methyl sites for hydroxylation is 1. The number of pyridine rings is 1. The standard InChI is InChI=1S/C13H16N2O2S/c1-4-17-13(16)11-12(18-5-2)15-7-6-9(3)8-10(15)14-11/h6-8H,4-5H2,1-3H3. The smallest absolute Gasteiger partial charge is 0.359 e. The zero-order valence-electron chi connectivity index (χ0n) is 10.8. The lowest BCUT2D eigenvalue weighted by Crippen LogP contribution is -2.06. The van der Waals surface area contributed by atoms with E-state index >= 15 is 0 Å². The van der Waals surface area contributed by atoms with Gasteiger partial charge in [0.15, 0.2) is 5.69 Å². The van der Waals surface area contributed by atoms with Gasteiger partial charge in [0.1, 0.15) is 10.7 Å². The second-order valence-electron chi connectivity index (χ2n) is 3.85. The van der Waals surface area contributed by atoms with Gasteiger partial charge < -0.3 is 4.74 Å². The van der Waals surface area contributed by atoms with Crippen LogP contribution < -0.4 is 0 Å². The normalized spacial score (nSPS) is 10.8. The summed E-state index contributed by atoms with van der Waals surface area (Å²) < 4.78 is 6.98. The summed E-state index contributed by atoms with van der Waals surface area (Å²) in [6, 6.07) is 3.96. The number of imidazole rings is 1. The number of carbonyl (C=O) groups is 1. The summed E-state index contributed by atoms with van der Waals surface area (Å²) in [5, 5.41) is 0.853. The Kier molecular flexibility index (Phi) is 3.91. The first kappa shape index (κ1) is 13.0. The van der Waals surface area contributed by atoms with Crippen LogP contribution in [0.2, 0.25) is 0 Å². The lowest BCUT2D eigenvalue weighted by atomic mass is 10.3. The van der Waals surface area contributed by atoms with Crippen molar-refractivity contribution in [1.29, 1.82) is 0 Å². The fraction of sp³-hybridized carbons (Fsp3) is 0.385. The van der Waals surface area contributed by atoms with Gasteiger partial charge in [0, 0.05) is 6.20 Å². The van der Waals surface area contributed by atoms with Crippen molar-refractivity contribution < 1.29 is 9.53 Å². The summed E-state index contributed by atoms with van der Waals surface area (Å²) in [5.41, 5.74) is 2.32. The Morgan fingerprint density at radius 2 is 2.28 bits per heavy atom. The summed E-state index contributed by atoms with van der Waals surface area (Å²) in [6.07, 6.45) is 1.94. The molecule has 0 N–H and O–H groups in total. The van der Waals surface area contributed by atoms with Gasteiger partial charge in [-0.25, -0.2) is 9.78 Å². The monoisotopic (exact) mass is 264 g/mol. The SMILES string of the molecule is CCOC(=O)c1nc2cc(C)ccn2c1SCC. The average molecular weight is 264 g/mol.